The van der Waals surface area contributed by atoms with E-state index < -0.39 is 10.0 Å². The summed E-state index contributed by atoms with van der Waals surface area (Å²) < 4.78 is 25.1. The molecule has 0 unspecified atom stereocenters. The SMILES string of the molecule is CS(=O)(=O)N[C@@H]1CCCN(c2ccncc2Cl)C1. The topological polar surface area (TPSA) is 62.3 Å². The highest BCUT2D eigenvalue weighted by Crippen LogP contribution is 2.27. The van der Waals surface area contributed by atoms with Crippen molar-refractivity contribution in [2.45, 2.75) is 18.9 Å². The highest BCUT2D eigenvalue weighted by atomic mass is 35.5. The molecule has 0 radical (unpaired) electrons. The number of aromatic nitrogens is 1. The molecule has 1 aliphatic rings. The Morgan fingerprint density at radius 1 is 1.56 bits per heavy atom. The lowest BCUT2D eigenvalue weighted by molar-refractivity contribution is 0.467. The van der Waals surface area contributed by atoms with Crippen LogP contribution < -0.4 is 9.62 Å². The number of rotatable bonds is 3. The van der Waals surface area contributed by atoms with E-state index in [1.54, 1.807) is 12.4 Å². The average Bonchev–Trinajstić information content (AvgIpc) is 2.27. The van der Waals surface area contributed by atoms with Crippen molar-refractivity contribution in [3.05, 3.63) is 23.5 Å². The van der Waals surface area contributed by atoms with Crippen LogP contribution in [-0.2, 0) is 10.0 Å². The summed E-state index contributed by atoms with van der Waals surface area (Å²) in [5.74, 6) is 0. The van der Waals surface area contributed by atoms with Crippen molar-refractivity contribution in [3.8, 4) is 0 Å². The van der Waals surface area contributed by atoms with Gasteiger partial charge in [-0.2, -0.15) is 0 Å². The van der Waals surface area contributed by atoms with Crippen LogP contribution in [0.1, 0.15) is 12.8 Å². The molecule has 1 saturated heterocycles. The van der Waals surface area contributed by atoms with E-state index in [9.17, 15) is 8.42 Å². The predicted octanol–water partition coefficient (Wildman–Crippen LogP) is 1.25. The molecule has 1 aromatic rings. The monoisotopic (exact) mass is 289 g/mol. The molecule has 7 heteroatoms. The van der Waals surface area contributed by atoms with E-state index in [4.69, 9.17) is 11.6 Å². The molecule has 18 heavy (non-hydrogen) atoms. The zero-order valence-corrected chi connectivity index (χ0v) is 11.7. The molecule has 1 atom stereocenters. The summed E-state index contributed by atoms with van der Waals surface area (Å²) in [5, 5.41) is 0.595. The zero-order chi connectivity index (χ0) is 13.2. The summed E-state index contributed by atoms with van der Waals surface area (Å²) >= 11 is 6.10. The minimum Gasteiger partial charge on any atom is -0.369 e. The smallest absolute Gasteiger partial charge is 0.209 e. The first-order valence-corrected chi connectivity index (χ1v) is 8.04. The first-order valence-electron chi connectivity index (χ1n) is 5.77. The fourth-order valence-corrected chi connectivity index (χ4v) is 3.26. The predicted molar refractivity (Wildman–Crippen MR) is 72.5 cm³/mol. The maximum absolute atomic E-state index is 11.2. The first-order chi connectivity index (χ1) is 8.46. The lowest BCUT2D eigenvalue weighted by atomic mass is 10.1. The Bertz CT molecular complexity index is 521. The van der Waals surface area contributed by atoms with Crippen molar-refractivity contribution in [2.24, 2.45) is 0 Å². The van der Waals surface area contributed by atoms with Crippen LogP contribution in [0.5, 0.6) is 0 Å². The van der Waals surface area contributed by atoms with Gasteiger partial charge in [0.1, 0.15) is 0 Å². The molecule has 5 nitrogen and oxygen atoms in total. The van der Waals surface area contributed by atoms with Crippen LogP contribution in [0.2, 0.25) is 5.02 Å². The van der Waals surface area contributed by atoms with Crippen molar-refractivity contribution in [1.82, 2.24) is 9.71 Å². The number of halogens is 1. The number of hydrogen-bond donors (Lipinski definition) is 1. The summed E-state index contributed by atoms with van der Waals surface area (Å²) in [5.41, 5.74) is 0.909. The lowest BCUT2D eigenvalue weighted by Crippen LogP contribution is -2.47. The van der Waals surface area contributed by atoms with E-state index in [0.29, 0.717) is 11.6 Å². The number of nitrogens with zero attached hydrogens (tertiary/aromatic N) is 2. The summed E-state index contributed by atoms with van der Waals surface area (Å²) in [6.45, 7) is 1.52. The second kappa shape index (κ2) is 5.42. The Morgan fingerprint density at radius 2 is 2.33 bits per heavy atom. The molecule has 2 heterocycles. The van der Waals surface area contributed by atoms with Crippen LogP contribution in [0.25, 0.3) is 0 Å². The van der Waals surface area contributed by atoms with E-state index in [1.165, 1.54) is 6.26 Å². The van der Waals surface area contributed by atoms with E-state index in [2.05, 4.69) is 14.6 Å². The highest BCUT2D eigenvalue weighted by Gasteiger charge is 2.23. The maximum Gasteiger partial charge on any atom is 0.209 e. The number of hydrogen-bond acceptors (Lipinski definition) is 4. The van der Waals surface area contributed by atoms with Crippen LogP contribution in [0.3, 0.4) is 0 Å². The number of nitrogens with one attached hydrogen (secondary N) is 1. The first kappa shape index (κ1) is 13.6. The van der Waals surface area contributed by atoms with Crippen molar-refractivity contribution >= 4 is 27.3 Å². The van der Waals surface area contributed by atoms with Gasteiger partial charge in [-0.15, -0.1) is 0 Å². The van der Waals surface area contributed by atoms with Gasteiger partial charge in [-0.05, 0) is 18.9 Å². The molecule has 0 aliphatic carbocycles. The number of piperidine rings is 1. The summed E-state index contributed by atoms with van der Waals surface area (Å²) in [4.78, 5) is 6.04. The maximum atomic E-state index is 11.2. The number of pyridine rings is 1. The molecule has 0 amide bonds. The molecular weight excluding hydrogens is 274 g/mol. The van der Waals surface area contributed by atoms with Gasteiger partial charge in [0.25, 0.3) is 0 Å². The van der Waals surface area contributed by atoms with E-state index in [-0.39, 0.29) is 6.04 Å². The van der Waals surface area contributed by atoms with Crippen LogP contribution in [0, 0.1) is 0 Å². The molecule has 1 N–H and O–H groups in total. The van der Waals surface area contributed by atoms with E-state index in [0.717, 1.165) is 25.1 Å². The van der Waals surface area contributed by atoms with Gasteiger partial charge >= 0.3 is 0 Å². The van der Waals surface area contributed by atoms with Gasteiger partial charge < -0.3 is 4.90 Å². The zero-order valence-electron chi connectivity index (χ0n) is 10.1. The third-order valence-electron chi connectivity index (χ3n) is 2.89. The summed E-state index contributed by atoms with van der Waals surface area (Å²) in [6, 6.07) is 1.79. The number of anilines is 1. The fourth-order valence-electron chi connectivity index (χ4n) is 2.22. The molecule has 0 saturated carbocycles. The summed E-state index contributed by atoms with van der Waals surface area (Å²) in [6.07, 6.45) is 6.27. The second-order valence-corrected chi connectivity index (χ2v) is 6.69. The van der Waals surface area contributed by atoms with Gasteiger partial charge in [0.05, 0.1) is 17.0 Å². The van der Waals surface area contributed by atoms with E-state index >= 15 is 0 Å². The molecule has 2 rings (SSSR count). The lowest BCUT2D eigenvalue weighted by Gasteiger charge is -2.34. The molecule has 1 aliphatic heterocycles. The third-order valence-corrected chi connectivity index (χ3v) is 3.95. The normalized spacial score (nSPS) is 21.0. The van der Waals surface area contributed by atoms with Crippen LogP contribution in [0.15, 0.2) is 18.5 Å². The average molecular weight is 290 g/mol. The molecule has 1 aromatic heterocycles. The molecule has 0 aromatic carbocycles. The molecular formula is C11H16ClN3O2S. The fraction of sp³-hybridized carbons (Fsp3) is 0.545. The Balaban J connectivity index is 2.10. The van der Waals surface area contributed by atoms with Gasteiger partial charge in [0.15, 0.2) is 0 Å². The van der Waals surface area contributed by atoms with Crippen molar-refractivity contribution in [3.63, 3.8) is 0 Å². The Labute approximate surface area is 112 Å². The third kappa shape index (κ3) is 3.57. The van der Waals surface area contributed by atoms with Crippen molar-refractivity contribution < 1.29 is 8.42 Å². The van der Waals surface area contributed by atoms with Gasteiger partial charge in [-0.25, -0.2) is 13.1 Å². The minimum absolute atomic E-state index is 0.0574. The van der Waals surface area contributed by atoms with Crippen molar-refractivity contribution in [2.75, 3.05) is 24.2 Å². The van der Waals surface area contributed by atoms with Gasteiger partial charge in [-0.3, -0.25) is 4.98 Å². The van der Waals surface area contributed by atoms with Crippen LogP contribution >= 0.6 is 11.6 Å². The second-order valence-electron chi connectivity index (χ2n) is 4.50. The highest BCUT2D eigenvalue weighted by molar-refractivity contribution is 7.88. The Hall–Kier alpha value is -0.850. The Kier molecular flexibility index (Phi) is 4.09. The van der Waals surface area contributed by atoms with Crippen LogP contribution in [0.4, 0.5) is 5.69 Å². The molecule has 1 fully saturated rings. The van der Waals surface area contributed by atoms with Crippen LogP contribution in [-0.4, -0.2) is 38.8 Å². The van der Waals surface area contributed by atoms with Gasteiger partial charge in [-0.1, -0.05) is 11.6 Å². The quantitative estimate of drug-likeness (QED) is 0.910. The van der Waals surface area contributed by atoms with Gasteiger partial charge in [0, 0.05) is 31.5 Å². The Morgan fingerprint density at radius 3 is 3.00 bits per heavy atom. The van der Waals surface area contributed by atoms with Gasteiger partial charge in [0.2, 0.25) is 10.0 Å². The molecule has 0 bridgehead atoms. The minimum atomic E-state index is -3.16. The standard InChI is InChI=1S/C11H16ClN3O2S/c1-18(16,17)14-9-3-2-6-15(8-9)11-4-5-13-7-10(11)12/h4-5,7,9,14H,2-3,6,8H2,1H3/t9-/m1/s1. The summed E-state index contributed by atoms with van der Waals surface area (Å²) in [7, 11) is -3.16. The van der Waals surface area contributed by atoms with Crippen molar-refractivity contribution in [1.29, 1.82) is 0 Å². The number of sulfonamides is 1. The molecule has 0 spiro atoms. The largest absolute Gasteiger partial charge is 0.369 e. The molecule has 100 valence electrons. The van der Waals surface area contributed by atoms with E-state index in [1.807, 2.05) is 6.07 Å².